The van der Waals surface area contributed by atoms with Crippen LogP contribution in [0.3, 0.4) is 0 Å². The Bertz CT molecular complexity index is 921. The van der Waals surface area contributed by atoms with Gasteiger partial charge >= 0.3 is 0 Å². The molecule has 3 aromatic rings. The second kappa shape index (κ2) is 7.30. The lowest BCUT2D eigenvalue weighted by Crippen LogP contribution is -2.26. The molecule has 0 spiro atoms. The fourth-order valence-corrected chi connectivity index (χ4v) is 2.41. The number of aromatic nitrogens is 4. The largest absolute Gasteiger partial charge is 0.443 e. The highest BCUT2D eigenvalue weighted by Crippen LogP contribution is 2.20. The molecule has 0 aliphatic rings. The minimum absolute atomic E-state index is 0.0187. The SMILES string of the molecule is Cc1nc(C(=O)NCc2cccc(C(C)C)n2)c(N)nc1-c1ncco1. The van der Waals surface area contributed by atoms with Gasteiger partial charge in [0, 0.05) is 5.69 Å². The lowest BCUT2D eigenvalue weighted by molar-refractivity contribution is 0.0946. The predicted molar refractivity (Wildman–Crippen MR) is 96.2 cm³/mol. The monoisotopic (exact) mass is 352 g/mol. The van der Waals surface area contributed by atoms with Gasteiger partial charge in [0.15, 0.2) is 11.5 Å². The summed E-state index contributed by atoms with van der Waals surface area (Å²) in [6.07, 6.45) is 2.94. The number of carbonyl (C=O) groups is 1. The molecule has 0 fully saturated rings. The zero-order valence-electron chi connectivity index (χ0n) is 14.9. The Balaban J connectivity index is 1.76. The number of aryl methyl sites for hydroxylation is 1. The highest BCUT2D eigenvalue weighted by molar-refractivity contribution is 5.96. The van der Waals surface area contributed by atoms with Crippen LogP contribution < -0.4 is 11.1 Å². The zero-order valence-corrected chi connectivity index (χ0v) is 14.9. The van der Waals surface area contributed by atoms with Crippen molar-refractivity contribution in [2.24, 2.45) is 0 Å². The standard InChI is InChI=1S/C18H20N6O2/c1-10(2)13-6-4-5-12(23-13)9-21-17(25)15-16(19)24-14(11(3)22-15)18-20-7-8-26-18/h4-8,10H,9H2,1-3H3,(H2,19,24)(H,21,25). The maximum atomic E-state index is 12.4. The molecule has 0 aliphatic carbocycles. The summed E-state index contributed by atoms with van der Waals surface area (Å²) in [6, 6.07) is 5.75. The van der Waals surface area contributed by atoms with Crippen molar-refractivity contribution in [3.8, 4) is 11.6 Å². The van der Waals surface area contributed by atoms with Crippen molar-refractivity contribution in [3.63, 3.8) is 0 Å². The van der Waals surface area contributed by atoms with E-state index in [1.807, 2.05) is 18.2 Å². The molecule has 3 aromatic heterocycles. The molecular formula is C18H20N6O2. The number of amides is 1. The van der Waals surface area contributed by atoms with Gasteiger partial charge in [-0.25, -0.2) is 15.0 Å². The van der Waals surface area contributed by atoms with E-state index in [-0.39, 0.29) is 18.1 Å². The van der Waals surface area contributed by atoms with Crippen LogP contribution in [0.15, 0.2) is 35.1 Å². The Morgan fingerprint density at radius 1 is 1.27 bits per heavy atom. The van der Waals surface area contributed by atoms with Crippen molar-refractivity contribution in [1.29, 1.82) is 0 Å². The van der Waals surface area contributed by atoms with E-state index in [2.05, 4.69) is 39.1 Å². The molecule has 3 rings (SSSR count). The molecule has 0 unspecified atom stereocenters. The Morgan fingerprint density at radius 2 is 2.08 bits per heavy atom. The molecule has 0 radical (unpaired) electrons. The Morgan fingerprint density at radius 3 is 2.77 bits per heavy atom. The van der Waals surface area contributed by atoms with E-state index in [0.717, 1.165) is 11.4 Å². The van der Waals surface area contributed by atoms with Gasteiger partial charge in [0.05, 0.1) is 24.1 Å². The molecule has 0 bridgehead atoms. The van der Waals surface area contributed by atoms with E-state index >= 15 is 0 Å². The number of nitrogen functional groups attached to an aromatic ring is 1. The number of oxazole rings is 1. The summed E-state index contributed by atoms with van der Waals surface area (Å²) in [7, 11) is 0. The lowest BCUT2D eigenvalue weighted by atomic mass is 10.1. The number of hydrogen-bond acceptors (Lipinski definition) is 7. The van der Waals surface area contributed by atoms with E-state index in [1.54, 1.807) is 6.92 Å². The third kappa shape index (κ3) is 3.69. The number of nitrogens with zero attached hydrogens (tertiary/aromatic N) is 4. The normalized spacial score (nSPS) is 10.9. The molecule has 3 N–H and O–H groups in total. The van der Waals surface area contributed by atoms with Gasteiger partial charge in [0.2, 0.25) is 5.89 Å². The fourth-order valence-electron chi connectivity index (χ4n) is 2.41. The number of nitrogens with one attached hydrogen (secondary N) is 1. The molecule has 0 atom stereocenters. The predicted octanol–water partition coefficient (Wildman–Crippen LogP) is 2.47. The van der Waals surface area contributed by atoms with Crippen LogP contribution in [0, 0.1) is 6.92 Å². The van der Waals surface area contributed by atoms with Gasteiger partial charge in [-0.3, -0.25) is 9.78 Å². The van der Waals surface area contributed by atoms with E-state index in [0.29, 0.717) is 23.2 Å². The molecule has 0 aromatic carbocycles. The summed E-state index contributed by atoms with van der Waals surface area (Å²) in [4.78, 5) is 29.5. The molecule has 26 heavy (non-hydrogen) atoms. The van der Waals surface area contributed by atoms with Crippen molar-refractivity contribution in [1.82, 2.24) is 25.3 Å². The number of anilines is 1. The minimum atomic E-state index is -0.409. The van der Waals surface area contributed by atoms with Gasteiger partial charge in [0.1, 0.15) is 12.0 Å². The quantitative estimate of drug-likeness (QED) is 0.723. The lowest BCUT2D eigenvalue weighted by Gasteiger charge is -2.10. The number of hydrogen-bond donors (Lipinski definition) is 2. The van der Waals surface area contributed by atoms with Crippen LogP contribution in [0.25, 0.3) is 11.6 Å². The maximum Gasteiger partial charge on any atom is 0.274 e. The molecule has 8 nitrogen and oxygen atoms in total. The molecule has 3 heterocycles. The summed E-state index contributed by atoms with van der Waals surface area (Å²) in [5.41, 5.74) is 8.64. The van der Waals surface area contributed by atoms with Gasteiger partial charge in [0.25, 0.3) is 5.91 Å². The molecule has 0 aliphatic heterocycles. The Labute approximate surface area is 150 Å². The molecular weight excluding hydrogens is 332 g/mol. The van der Waals surface area contributed by atoms with Gasteiger partial charge in [-0.1, -0.05) is 19.9 Å². The van der Waals surface area contributed by atoms with Crippen molar-refractivity contribution >= 4 is 11.7 Å². The van der Waals surface area contributed by atoms with Gasteiger partial charge < -0.3 is 15.5 Å². The van der Waals surface area contributed by atoms with Crippen molar-refractivity contribution in [2.45, 2.75) is 33.2 Å². The second-order valence-corrected chi connectivity index (χ2v) is 6.12. The first-order chi connectivity index (χ1) is 12.5. The average Bonchev–Trinajstić information content (AvgIpc) is 3.16. The number of rotatable bonds is 5. The average molecular weight is 352 g/mol. The Kier molecular flexibility index (Phi) is 4.92. The zero-order chi connectivity index (χ0) is 18.7. The van der Waals surface area contributed by atoms with Crippen LogP contribution in [0.5, 0.6) is 0 Å². The molecule has 8 heteroatoms. The number of carbonyl (C=O) groups excluding carboxylic acids is 1. The highest BCUT2D eigenvalue weighted by atomic mass is 16.3. The van der Waals surface area contributed by atoms with Crippen molar-refractivity contribution in [2.75, 3.05) is 5.73 Å². The van der Waals surface area contributed by atoms with Gasteiger partial charge in [-0.05, 0) is 25.0 Å². The van der Waals surface area contributed by atoms with Crippen LogP contribution in [0.1, 0.15) is 47.3 Å². The first kappa shape index (κ1) is 17.5. The topological polar surface area (TPSA) is 120 Å². The second-order valence-electron chi connectivity index (χ2n) is 6.12. The minimum Gasteiger partial charge on any atom is -0.443 e. The van der Waals surface area contributed by atoms with E-state index < -0.39 is 5.91 Å². The van der Waals surface area contributed by atoms with Gasteiger partial charge in [-0.2, -0.15) is 0 Å². The summed E-state index contributed by atoms with van der Waals surface area (Å²) in [5.74, 6) is 0.236. The van der Waals surface area contributed by atoms with Crippen molar-refractivity contribution < 1.29 is 9.21 Å². The van der Waals surface area contributed by atoms with Crippen molar-refractivity contribution in [3.05, 3.63) is 53.4 Å². The third-order valence-electron chi connectivity index (χ3n) is 3.80. The number of nitrogens with two attached hydrogens (primary N) is 1. The first-order valence-corrected chi connectivity index (χ1v) is 8.23. The first-order valence-electron chi connectivity index (χ1n) is 8.23. The highest BCUT2D eigenvalue weighted by Gasteiger charge is 2.18. The summed E-state index contributed by atoms with van der Waals surface area (Å²) in [6.45, 7) is 6.13. The summed E-state index contributed by atoms with van der Waals surface area (Å²) >= 11 is 0. The molecule has 134 valence electrons. The van der Waals surface area contributed by atoms with Crippen LogP contribution in [-0.4, -0.2) is 25.8 Å². The van der Waals surface area contributed by atoms with E-state index in [4.69, 9.17) is 10.2 Å². The maximum absolute atomic E-state index is 12.4. The smallest absolute Gasteiger partial charge is 0.274 e. The Hall–Kier alpha value is -3.29. The molecule has 0 saturated heterocycles. The van der Waals surface area contributed by atoms with Crippen LogP contribution in [-0.2, 0) is 6.54 Å². The third-order valence-corrected chi connectivity index (χ3v) is 3.80. The van der Waals surface area contributed by atoms with Gasteiger partial charge in [-0.15, -0.1) is 0 Å². The van der Waals surface area contributed by atoms with E-state index in [9.17, 15) is 4.79 Å². The fraction of sp³-hybridized carbons (Fsp3) is 0.278. The number of pyridine rings is 1. The van der Waals surface area contributed by atoms with Crippen LogP contribution in [0.2, 0.25) is 0 Å². The van der Waals surface area contributed by atoms with E-state index in [1.165, 1.54) is 12.5 Å². The van der Waals surface area contributed by atoms with Crippen LogP contribution in [0.4, 0.5) is 5.82 Å². The summed E-state index contributed by atoms with van der Waals surface area (Å²) in [5, 5.41) is 2.78. The summed E-state index contributed by atoms with van der Waals surface area (Å²) < 4.78 is 5.21. The molecule has 1 amide bonds. The van der Waals surface area contributed by atoms with Crippen LogP contribution >= 0.6 is 0 Å². The molecule has 0 saturated carbocycles.